The van der Waals surface area contributed by atoms with Gasteiger partial charge in [-0.05, 0) is 53.5 Å². The van der Waals surface area contributed by atoms with E-state index in [0.29, 0.717) is 0 Å². The topological polar surface area (TPSA) is 41.6 Å². The molecule has 0 spiro atoms. The number of hydrogen-bond donors (Lipinski definition) is 1. The van der Waals surface area contributed by atoms with Crippen LogP contribution in [0.1, 0.15) is 19.8 Å². The SMILES string of the molecule is CCNC1CCCN(c2ccc(OC)c(Br)c2)C1=O. The number of likely N-dealkylation sites (N-methyl/N-ethyl adjacent to an activating group) is 1. The number of hydrogen-bond acceptors (Lipinski definition) is 3. The zero-order valence-electron chi connectivity index (χ0n) is 11.3. The molecule has 2 rings (SSSR count). The number of amides is 1. The maximum atomic E-state index is 12.4. The maximum absolute atomic E-state index is 12.4. The van der Waals surface area contributed by atoms with Crippen LogP contribution in [0.15, 0.2) is 22.7 Å². The predicted molar refractivity (Wildman–Crippen MR) is 79.7 cm³/mol. The first-order valence-electron chi connectivity index (χ1n) is 6.55. The van der Waals surface area contributed by atoms with Crippen LogP contribution < -0.4 is 15.0 Å². The van der Waals surface area contributed by atoms with Crippen LogP contribution in [0.25, 0.3) is 0 Å². The van der Waals surface area contributed by atoms with Crippen molar-refractivity contribution in [3.8, 4) is 5.75 Å². The summed E-state index contributed by atoms with van der Waals surface area (Å²) in [5.41, 5.74) is 0.917. The molecule has 0 radical (unpaired) electrons. The molecule has 19 heavy (non-hydrogen) atoms. The highest BCUT2D eigenvalue weighted by Crippen LogP contribution is 2.31. The minimum absolute atomic E-state index is 0.0559. The molecule has 104 valence electrons. The summed E-state index contributed by atoms with van der Waals surface area (Å²) < 4.78 is 6.08. The third-order valence-corrected chi connectivity index (χ3v) is 3.96. The minimum Gasteiger partial charge on any atom is -0.496 e. The number of halogens is 1. The Kier molecular flexibility index (Phi) is 4.82. The molecule has 1 amide bonds. The summed E-state index contributed by atoms with van der Waals surface area (Å²) in [7, 11) is 1.63. The Morgan fingerprint density at radius 2 is 2.32 bits per heavy atom. The standard InChI is InChI=1S/C14H19BrN2O2/c1-3-16-12-5-4-8-17(14(12)18)10-6-7-13(19-2)11(15)9-10/h6-7,9,12,16H,3-5,8H2,1-2H3. The van der Waals surface area contributed by atoms with Gasteiger partial charge < -0.3 is 15.0 Å². The van der Waals surface area contributed by atoms with Gasteiger partial charge in [0.15, 0.2) is 0 Å². The molecular weight excluding hydrogens is 308 g/mol. The van der Waals surface area contributed by atoms with Gasteiger partial charge in [0.2, 0.25) is 5.91 Å². The van der Waals surface area contributed by atoms with Gasteiger partial charge in [-0.25, -0.2) is 0 Å². The Hall–Kier alpha value is -1.07. The lowest BCUT2D eigenvalue weighted by Crippen LogP contribution is -2.50. The molecule has 1 heterocycles. The molecule has 0 aliphatic carbocycles. The van der Waals surface area contributed by atoms with E-state index < -0.39 is 0 Å². The molecule has 1 atom stereocenters. The first kappa shape index (κ1) is 14.3. The van der Waals surface area contributed by atoms with E-state index >= 15 is 0 Å². The largest absolute Gasteiger partial charge is 0.496 e. The zero-order chi connectivity index (χ0) is 13.8. The van der Waals surface area contributed by atoms with Crippen LogP contribution in [0.4, 0.5) is 5.69 Å². The Balaban J connectivity index is 2.20. The highest BCUT2D eigenvalue weighted by Gasteiger charge is 2.29. The summed E-state index contributed by atoms with van der Waals surface area (Å²) in [6, 6.07) is 5.68. The Bertz CT molecular complexity index is 463. The van der Waals surface area contributed by atoms with Crippen LogP contribution in [-0.2, 0) is 4.79 Å². The van der Waals surface area contributed by atoms with E-state index in [1.807, 2.05) is 30.0 Å². The van der Waals surface area contributed by atoms with E-state index in [1.165, 1.54) is 0 Å². The molecule has 0 bridgehead atoms. The van der Waals surface area contributed by atoms with Crippen molar-refractivity contribution in [3.05, 3.63) is 22.7 Å². The predicted octanol–water partition coefficient (Wildman–Crippen LogP) is 2.56. The summed E-state index contributed by atoms with van der Waals surface area (Å²) in [4.78, 5) is 14.2. The van der Waals surface area contributed by atoms with Crippen molar-refractivity contribution in [2.24, 2.45) is 0 Å². The number of carbonyl (C=O) groups is 1. The fourth-order valence-corrected chi connectivity index (χ4v) is 2.92. The second kappa shape index (κ2) is 6.39. The van der Waals surface area contributed by atoms with E-state index in [9.17, 15) is 4.79 Å². The summed E-state index contributed by atoms with van der Waals surface area (Å²) >= 11 is 3.46. The van der Waals surface area contributed by atoms with Crippen LogP contribution in [0, 0.1) is 0 Å². The number of piperidine rings is 1. The van der Waals surface area contributed by atoms with Crippen LogP contribution >= 0.6 is 15.9 Å². The van der Waals surface area contributed by atoms with Crippen molar-refractivity contribution >= 4 is 27.5 Å². The fraction of sp³-hybridized carbons (Fsp3) is 0.500. The molecule has 1 aliphatic rings. The average molecular weight is 327 g/mol. The van der Waals surface area contributed by atoms with Gasteiger partial charge in [0.05, 0.1) is 17.6 Å². The number of benzene rings is 1. The van der Waals surface area contributed by atoms with Gasteiger partial charge in [-0.1, -0.05) is 6.92 Å². The van der Waals surface area contributed by atoms with Crippen molar-refractivity contribution in [1.29, 1.82) is 0 Å². The van der Waals surface area contributed by atoms with Crippen molar-refractivity contribution in [1.82, 2.24) is 5.32 Å². The highest BCUT2D eigenvalue weighted by atomic mass is 79.9. The van der Waals surface area contributed by atoms with Gasteiger partial charge in [-0.2, -0.15) is 0 Å². The van der Waals surface area contributed by atoms with Gasteiger partial charge in [0, 0.05) is 12.2 Å². The Morgan fingerprint density at radius 3 is 2.95 bits per heavy atom. The van der Waals surface area contributed by atoms with E-state index in [2.05, 4.69) is 21.2 Å². The molecule has 1 unspecified atom stereocenters. The number of anilines is 1. The van der Waals surface area contributed by atoms with Crippen molar-refractivity contribution in [2.75, 3.05) is 25.1 Å². The van der Waals surface area contributed by atoms with Gasteiger partial charge in [-0.15, -0.1) is 0 Å². The third kappa shape index (κ3) is 3.09. The minimum atomic E-state index is -0.0559. The fourth-order valence-electron chi connectivity index (χ4n) is 2.39. The van der Waals surface area contributed by atoms with E-state index in [1.54, 1.807) is 7.11 Å². The molecule has 1 aromatic rings. The number of ether oxygens (including phenoxy) is 1. The molecule has 1 aliphatic heterocycles. The maximum Gasteiger partial charge on any atom is 0.244 e. The van der Waals surface area contributed by atoms with Gasteiger partial charge in [-0.3, -0.25) is 4.79 Å². The molecule has 1 aromatic carbocycles. The van der Waals surface area contributed by atoms with E-state index in [0.717, 1.165) is 41.8 Å². The third-order valence-electron chi connectivity index (χ3n) is 3.34. The lowest BCUT2D eigenvalue weighted by molar-refractivity contribution is -0.121. The first-order valence-corrected chi connectivity index (χ1v) is 7.35. The number of nitrogens with one attached hydrogen (secondary N) is 1. The molecule has 4 nitrogen and oxygen atoms in total. The highest BCUT2D eigenvalue weighted by molar-refractivity contribution is 9.10. The Morgan fingerprint density at radius 1 is 1.53 bits per heavy atom. The lowest BCUT2D eigenvalue weighted by Gasteiger charge is -2.32. The first-order chi connectivity index (χ1) is 9.17. The van der Waals surface area contributed by atoms with Gasteiger partial charge in [0.25, 0.3) is 0 Å². The van der Waals surface area contributed by atoms with Crippen LogP contribution in [0.2, 0.25) is 0 Å². The molecule has 0 saturated carbocycles. The average Bonchev–Trinajstić information content (AvgIpc) is 2.41. The van der Waals surface area contributed by atoms with Crippen molar-refractivity contribution in [2.45, 2.75) is 25.8 Å². The van der Waals surface area contributed by atoms with Crippen LogP contribution in [-0.4, -0.2) is 32.1 Å². The summed E-state index contributed by atoms with van der Waals surface area (Å²) in [6.45, 7) is 3.62. The van der Waals surface area contributed by atoms with Crippen molar-refractivity contribution in [3.63, 3.8) is 0 Å². The molecule has 1 saturated heterocycles. The van der Waals surface area contributed by atoms with Crippen LogP contribution in [0.3, 0.4) is 0 Å². The lowest BCUT2D eigenvalue weighted by atomic mass is 10.0. The quantitative estimate of drug-likeness (QED) is 0.924. The number of rotatable bonds is 4. The molecular formula is C14H19BrN2O2. The normalized spacial score (nSPS) is 19.6. The van der Waals surface area contributed by atoms with Gasteiger partial charge in [0.1, 0.15) is 5.75 Å². The van der Waals surface area contributed by atoms with E-state index in [4.69, 9.17) is 4.74 Å². The number of carbonyl (C=O) groups excluding carboxylic acids is 1. The molecule has 1 N–H and O–H groups in total. The monoisotopic (exact) mass is 326 g/mol. The van der Waals surface area contributed by atoms with E-state index in [-0.39, 0.29) is 11.9 Å². The molecule has 5 heteroatoms. The number of nitrogens with zero attached hydrogens (tertiary/aromatic N) is 1. The Labute approximate surface area is 122 Å². The summed E-state index contributed by atoms with van der Waals surface area (Å²) in [6.07, 6.45) is 1.94. The smallest absolute Gasteiger partial charge is 0.244 e. The zero-order valence-corrected chi connectivity index (χ0v) is 12.9. The second-order valence-corrected chi connectivity index (χ2v) is 5.42. The molecule has 0 aromatic heterocycles. The van der Waals surface area contributed by atoms with Crippen LogP contribution in [0.5, 0.6) is 5.75 Å². The second-order valence-electron chi connectivity index (χ2n) is 4.56. The van der Waals surface area contributed by atoms with Crippen molar-refractivity contribution < 1.29 is 9.53 Å². The molecule has 1 fully saturated rings. The van der Waals surface area contributed by atoms with Gasteiger partial charge >= 0.3 is 0 Å². The summed E-state index contributed by atoms with van der Waals surface area (Å²) in [5.74, 6) is 0.932. The number of methoxy groups -OCH3 is 1. The summed E-state index contributed by atoms with van der Waals surface area (Å²) in [5, 5.41) is 3.24.